The molecule has 0 aliphatic carbocycles. The molecule has 9 heteroatoms. The number of hydrogen-bond donors (Lipinski definition) is 2. The molecule has 1 amide bonds. The van der Waals surface area contributed by atoms with Gasteiger partial charge >= 0.3 is 0 Å². The quantitative estimate of drug-likeness (QED) is 0.711. The van der Waals surface area contributed by atoms with Gasteiger partial charge in [-0.3, -0.25) is 9.48 Å². The maximum absolute atomic E-state index is 12.6. The standard InChI is InChI=1S/C10H17N5O3S/c1-7-9(10(11)13-14(7)2)19(17,18)15-5-3-8(16)12-4-6-15/h3-6H2,1-2H3,(H2,11,13)(H,12,16). The normalized spacial score (nSPS) is 18.1. The van der Waals surface area contributed by atoms with Gasteiger partial charge in [0.15, 0.2) is 5.82 Å². The summed E-state index contributed by atoms with van der Waals surface area (Å²) in [6.07, 6.45) is 0.151. The van der Waals surface area contributed by atoms with Gasteiger partial charge in [0.05, 0.1) is 5.69 Å². The van der Waals surface area contributed by atoms with Crippen LogP contribution in [0, 0.1) is 6.92 Å². The van der Waals surface area contributed by atoms with Crippen LogP contribution >= 0.6 is 0 Å². The van der Waals surface area contributed by atoms with E-state index in [0.29, 0.717) is 12.2 Å². The van der Waals surface area contributed by atoms with Crippen LogP contribution in [0.3, 0.4) is 0 Å². The number of nitrogens with zero attached hydrogens (tertiary/aromatic N) is 3. The number of aryl methyl sites for hydroxylation is 1. The fourth-order valence-corrected chi connectivity index (χ4v) is 3.78. The minimum Gasteiger partial charge on any atom is -0.381 e. The Labute approximate surface area is 111 Å². The summed E-state index contributed by atoms with van der Waals surface area (Å²) in [7, 11) is -2.08. The summed E-state index contributed by atoms with van der Waals surface area (Å²) in [5, 5.41) is 6.55. The van der Waals surface area contributed by atoms with Crippen LogP contribution in [0.25, 0.3) is 0 Å². The molecule has 19 heavy (non-hydrogen) atoms. The zero-order valence-corrected chi connectivity index (χ0v) is 11.7. The Kier molecular flexibility index (Phi) is 3.50. The highest BCUT2D eigenvalue weighted by molar-refractivity contribution is 7.89. The van der Waals surface area contributed by atoms with E-state index in [-0.39, 0.29) is 36.1 Å². The second-order valence-electron chi connectivity index (χ2n) is 4.43. The largest absolute Gasteiger partial charge is 0.381 e. The third-order valence-electron chi connectivity index (χ3n) is 3.17. The maximum Gasteiger partial charge on any atom is 0.248 e. The maximum atomic E-state index is 12.6. The van der Waals surface area contributed by atoms with Crippen molar-refractivity contribution >= 4 is 21.7 Å². The molecule has 0 atom stereocenters. The van der Waals surface area contributed by atoms with Crippen LogP contribution < -0.4 is 11.1 Å². The second-order valence-corrected chi connectivity index (χ2v) is 6.30. The van der Waals surface area contributed by atoms with Crippen molar-refractivity contribution in [3.8, 4) is 0 Å². The number of aromatic nitrogens is 2. The molecule has 0 aromatic carbocycles. The summed E-state index contributed by atoms with van der Waals surface area (Å²) in [4.78, 5) is 11.3. The minimum atomic E-state index is -3.72. The Balaban J connectivity index is 2.39. The van der Waals surface area contributed by atoms with Crippen molar-refractivity contribution in [1.29, 1.82) is 0 Å². The average molecular weight is 287 g/mol. The molecule has 1 aliphatic heterocycles. The van der Waals surface area contributed by atoms with Crippen molar-refractivity contribution in [2.75, 3.05) is 25.4 Å². The smallest absolute Gasteiger partial charge is 0.248 e. The van der Waals surface area contributed by atoms with Gasteiger partial charge in [-0.1, -0.05) is 0 Å². The summed E-state index contributed by atoms with van der Waals surface area (Å²) in [6.45, 7) is 2.35. The van der Waals surface area contributed by atoms with Crippen LogP contribution in [0.15, 0.2) is 4.90 Å². The van der Waals surface area contributed by atoms with Crippen molar-refractivity contribution in [3.05, 3.63) is 5.69 Å². The lowest BCUT2D eigenvalue weighted by molar-refractivity contribution is -0.120. The zero-order chi connectivity index (χ0) is 14.2. The van der Waals surface area contributed by atoms with Crippen molar-refractivity contribution in [3.63, 3.8) is 0 Å². The highest BCUT2D eigenvalue weighted by atomic mass is 32.2. The molecular formula is C10H17N5O3S. The van der Waals surface area contributed by atoms with Crippen LogP contribution in [-0.2, 0) is 21.9 Å². The highest BCUT2D eigenvalue weighted by Crippen LogP contribution is 2.25. The van der Waals surface area contributed by atoms with Gasteiger partial charge in [0, 0.05) is 33.1 Å². The molecular weight excluding hydrogens is 270 g/mol. The number of nitrogen functional groups attached to an aromatic ring is 1. The molecule has 0 radical (unpaired) electrons. The summed E-state index contributed by atoms with van der Waals surface area (Å²) >= 11 is 0. The molecule has 106 valence electrons. The van der Waals surface area contributed by atoms with Crippen LogP contribution in [0.1, 0.15) is 12.1 Å². The van der Waals surface area contributed by atoms with Crippen LogP contribution in [0.5, 0.6) is 0 Å². The molecule has 1 fully saturated rings. The van der Waals surface area contributed by atoms with E-state index in [4.69, 9.17) is 5.73 Å². The van der Waals surface area contributed by atoms with Gasteiger partial charge in [0.1, 0.15) is 4.90 Å². The lowest BCUT2D eigenvalue weighted by Gasteiger charge is -2.19. The van der Waals surface area contributed by atoms with Gasteiger partial charge in [-0.05, 0) is 6.92 Å². The van der Waals surface area contributed by atoms with Gasteiger partial charge in [-0.15, -0.1) is 0 Å². The third-order valence-corrected chi connectivity index (χ3v) is 5.24. The first-order chi connectivity index (χ1) is 8.84. The Bertz CT molecular complexity index is 607. The number of rotatable bonds is 2. The average Bonchev–Trinajstić information content (AvgIpc) is 2.51. The molecule has 3 N–H and O–H groups in total. The molecule has 1 saturated heterocycles. The number of anilines is 1. The Morgan fingerprint density at radius 1 is 1.37 bits per heavy atom. The van der Waals surface area contributed by atoms with Crippen LogP contribution in [-0.4, -0.2) is 48.0 Å². The van der Waals surface area contributed by atoms with Gasteiger partial charge < -0.3 is 11.1 Å². The molecule has 0 saturated carbocycles. The van der Waals surface area contributed by atoms with Crippen molar-refractivity contribution < 1.29 is 13.2 Å². The Morgan fingerprint density at radius 3 is 2.63 bits per heavy atom. The highest BCUT2D eigenvalue weighted by Gasteiger charge is 2.32. The monoisotopic (exact) mass is 287 g/mol. The predicted molar refractivity (Wildman–Crippen MR) is 68.7 cm³/mol. The molecule has 1 aromatic rings. The first kappa shape index (κ1) is 13.8. The van der Waals surface area contributed by atoms with Crippen molar-refractivity contribution in [2.45, 2.75) is 18.2 Å². The summed E-state index contributed by atoms with van der Waals surface area (Å²) < 4.78 is 27.8. The molecule has 0 spiro atoms. The van der Waals surface area contributed by atoms with E-state index in [1.807, 2.05) is 0 Å². The number of hydrogen-bond acceptors (Lipinski definition) is 5. The number of amides is 1. The predicted octanol–water partition coefficient (Wildman–Crippen LogP) is -1.18. The minimum absolute atomic E-state index is 0.0106. The molecule has 8 nitrogen and oxygen atoms in total. The molecule has 1 aromatic heterocycles. The van der Waals surface area contributed by atoms with E-state index in [0.717, 1.165) is 0 Å². The van der Waals surface area contributed by atoms with Gasteiger partial charge in [0.2, 0.25) is 15.9 Å². The molecule has 2 rings (SSSR count). The van der Waals surface area contributed by atoms with E-state index < -0.39 is 10.0 Å². The molecule has 1 aliphatic rings. The third kappa shape index (κ3) is 2.43. The van der Waals surface area contributed by atoms with E-state index in [9.17, 15) is 13.2 Å². The summed E-state index contributed by atoms with van der Waals surface area (Å²) in [6, 6.07) is 0. The lowest BCUT2D eigenvalue weighted by atomic mass is 10.4. The number of carbonyl (C=O) groups is 1. The van der Waals surface area contributed by atoms with E-state index in [1.165, 1.54) is 8.99 Å². The van der Waals surface area contributed by atoms with E-state index in [2.05, 4.69) is 10.4 Å². The summed E-state index contributed by atoms with van der Waals surface area (Å²) in [5.74, 6) is -0.155. The Hall–Kier alpha value is -1.61. The first-order valence-corrected chi connectivity index (χ1v) is 7.34. The second kappa shape index (κ2) is 4.82. The molecule has 2 heterocycles. The van der Waals surface area contributed by atoms with Gasteiger partial charge in [-0.2, -0.15) is 9.40 Å². The summed E-state index contributed by atoms with van der Waals surface area (Å²) in [5.41, 5.74) is 6.17. The molecule has 0 unspecified atom stereocenters. The lowest BCUT2D eigenvalue weighted by Crippen LogP contribution is -2.34. The Morgan fingerprint density at radius 2 is 2.05 bits per heavy atom. The van der Waals surface area contributed by atoms with Gasteiger partial charge in [0.25, 0.3) is 0 Å². The van der Waals surface area contributed by atoms with E-state index in [1.54, 1.807) is 14.0 Å². The zero-order valence-electron chi connectivity index (χ0n) is 10.9. The van der Waals surface area contributed by atoms with Gasteiger partial charge in [-0.25, -0.2) is 8.42 Å². The molecule has 0 bridgehead atoms. The number of nitrogens with two attached hydrogens (primary N) is 1. The van der Waals surface area contributed by atoms with E-state index >= 15 is 0 Å². The van der Waals surface area contributed by atoms with Crippen LogP contribution in [0.2, 0.25) is 0 Å². The number of sulfonamides is 1. The SMILES string of the molecule is Cc1c(S(=O)(=O)N2CCNC(=O)CC2)c(N)nn1C. The number of nitrogens with one attached hydrogen (secondary N) is 1. The van der Waals surface area contributed by atoms with Crippen molar-refractivity contribution in [2.24, 2.45) is 7.05 Å². The van der Waals surface area contributed by atoms with Crippen LogP contribution in [0.4, 0.5) is 5.82 Å². The fourth-order valence-electron chi connectivity index (χ4n) is 2.05. The van der Waals surface area contributed by atoms with Crippen molar-refractivity contribution in [1.82, 2.24) is 19.4 Å². The first-order valence-electron chi connectivity index (χ1n) is 5.90. The fraction of sp³-hybridized carbons (Fsp3) is 0.600. The topological polar surface area (TPSA) is 110 Å². The number of carbonyl (C=O) groups excluding carboxylic acids is 1.